The van der Waals surface area contributed by atoms with Gasteiger partial charge in [0.05, 0.1) is 0 Å². The highest BCUT2D eigenvalue weighted by Gasteiger charge is 2.27. The molecule has 0 bridgehead atoms. The summed E-state index contributed by atoms with van der Waals surface area (Å²) in [7, 11) is 0. The van der Waals surface area contributed by atoms with Crippen molar-refractivity contribution in [3.05, 3.63) is 59.2 Å². The van der Waals surface area contributed by atoms with Gasteiger partial charge in [0.2, 0.25) is 11.7 Å². The van der Waals surface area contributed by atoms with Gasteiger partial charge >= 0.3 is 0 Å². The molecule has 142 valence electrons. The summed E-state index contributed by atoms with van der Waals surface area (Å²) < 4.78 is 19.0. The number of nitrogens with zero attached hydrogens (tertiary/aromatic N) is 3. The predicted octanol–water partition coefficient (Wildman–Crippen LogP) is 4.70. The average molecular weight is 389 g/mol. The number of rotatable bonds is 3. The predicted molar refractivity (Wildman–Crippen MR) is 107 cm³/mol. The second-order valence-corrected chi connectivity index (χ2v) is 6.74. The minimum atomic E-state index is -0.242. The van der Waals surface area contributed by atoms with Crippen molar-refractivity contribution >= 4 is 23.8 Å². The summed E-state index contributed by atoms with van der Waals surface area (Å²) >= 11 is 0. The molecule has 7 heteroatoms. The van der Waals surface area contributed by atoms with Crippen LogP contribution in [-0.2, 0) is 6.42 Å². The molecule has 2 aromatic carbocycles. The molecule has 2 N–H and O–H groups in total. The van der Waals surface area contributed by atoms with E-state index in [9.17, 15) is 4.39 Å². The lowest BCUT2D eigenvalue weighted by atomic mass is 9.98. The molecule has 1 aliphatic rings. The van der Waals surface area contributed by atoms with Crippen LogP contribution < -0.4 is 10.6 Å². The first-order valence-electron chi connectivity index (χ1n) is 8.78. The van der Waals surface area contributed by atoms with Gasteiger partial charge in [-0.2, -0.15) is 4.98 Å². The fourth-order valence-corrected chi connectivity index (χ4v) is 3.52. The Bertz CT molecular complexity index is 959. The number of nitrogens with two attached hydrogens (primary N) is 1. The molecule has 0 aliphatic carbocycles. The van der Waals surface area contributed by atoms with Gasteiger partial charge in [0, 0.05) is 23.5 Å². The highest BCUT2D eigenvalue weighted by molar-refractivity contribution is 5.85. The summed E-state index contributed by atoms with van der Waals surface area (Å²) in [4.78, 5) is 6.80. The third-order valence-corrected chi connectivity index (χ3v) is 5.01. The van der Waals surface area contributed by atoms with Crippen LogP contribution in [0.15, 0.2) is 40.9 Å². The highest BCUT2D eigenvalue weighted by Crippen LogP contribution is 2.36. The first kappa shape index (κ1) is 19.2. The van der Waals surface area contributed by atoms with Crippen LogP contribution in [0.25, 0.3) is 11.4 Å². The number of hydrogen-bond acceptors (Lipinski definition) is 5. The Kier molecular flexibility index (Phi) is 5.37. The van der Waals surface area contributed by atoms with Crippen molar-refractivity contribution in [3.63, 3.8) is 0 Å². The van der Waals surface area contributed by atoms with Crippen LogP contribution in [0.4, 0.5) is 15.8 Å². The van der Waals surface area contributed by atoms with Crippen LogP contribution in [0.5, 0.6) is 0 Å². The largest absolute Gasteiger partial charge is 0.398 e. The molecule has 0 spiro atoms. The van der Waals surface area contributed by atoms with E-state index in [4.69, 9.17) is 10.3 Å². The Morgan fingerprint density at radius 3 is 2.85 bits per heavy atom. The van der Waals surface area contributed by atoms with E-state index < -0.39 is 0 Å². The molecule has 0 amide bonds. The number of halogens is 2. The molecule has 0 saturated heterocycles. The van der Waals surface area contributed by atoms with Crippen LogP contribution in [0, 0.1) is 12.7 Å². The molecule has 0 saturated carbocycles. The van der Waals surface area contributed by atoms with E-state index in [1.807, 2.05) is 19.1 Å². The topological polar surface area (TPSA) is 68.2 Å². The molecule has 1 unspecified atom stereocenters. The second-order valence-electron chi connectivity index (χ2n) is 6.74. The lowest BCUT2D eigenvalue weighted by Crippen LogP contribution is -2.32. The van der Waals surface area contributed by atoms with E-state index in [-0.39, 0.29) is 24.3 Å². The van der Waals surface area contributed by atoms with E-state index in [0.717, 1.165) is 36.3 Å². The molecule has 3 aromatic rings. The molecule has 1 aromatic heterocycles. The lowest BCUT2D eigenvalue weighted by Gasteiger charge is -2.35. The number of aromatic nitrogens is 2. The van der Waals surface area contributed by atoms with Gasteiger partial charge in [-0.15, -0.1) is 12.4 Å². The van der Waals surface area contributed by atoms with Gasteiger partial charge in [-0.3, -0.25) is 0 Å². The van der Waals surface area contributed by atoms with Gasteiger partial charge in [0.15, 0.2) is 0 Å². The molecule has 0 fully saturated rings. The molecule has 0 radical (unpaired) electrons. The SMILES string of the molecule is Cc1cc(-c2noc(C(C)N3CCCc4c(N)cccc43)n2)ccc1F.Cl. The van der Waals surface area contributed by atoms with Crippen molar-refractivity contribution < 1.29 is 8.91 Å². The smallest absolute Gasteiger partial charge is 0.249 e. The highest BCUT2D eigenvalue weighted by atomic mass is 35.5. The van der Waals surface area contributed by atoms with Gasteiger partial charge in [0.25, 0.3) is 0 Å². The molecule has 1 aliphatic heterocycles. The van der Waals surface area contributed by atoms with Crippen molar-refractivity contribution in [2.24, 2.45) is 0 Å². The van der Waals surface area contributed by atoms with Crippen molar-refractivity contribution in [2.45, 2.75) is 32.7 Å². The van der Waals surface area contributed by atoms with E-state index in [1.165, 1.54) is 11.6 Å². The van der Waals surface area contributed by atoms with Gasteiger partial charge < -0.3 is 15.2 Å². The number of nitrogen functional groups attached to an aromatic ring is 1. The van der Waals surface area contributed by atoms with E-state index in [0.29, 0.717) is 17.3 Å². The molecule has 1 atom stereocenters. The van der Waals surface area contributed by atoms with Crippen LogP contribution in [0.2, 0.25) is 0 Å². The molecular formula is C20H22ClFN4O. The summed E-state index contributed by atoms with van der Waals surface area (Å²) in [6.07, 6.45) is 2.01. The molecule has 27 heavy (non-hydrogen) atoms. The van der Waals surface area contributed by atoms with Gasteiger partial charge in [-0.05, 0) is 68.1 Å². The quantitative estimate of drug-likeness (QED) is 0.658. The fourth-order valence-electron chi connectivity index (χ4n) is 3.52. The molecule has 4 rings (SSSR count). The first-order chi connectivity index (χ1) is 12.5. The third-order valence-electron chi connectivity index (χ3n) is 5.01. The normalized spacial score (nSPS) is 14.4. The van der Waals surface area contributed by atoms with E-state index in [2.05, 4.69) is 21.1 Å². The summed E-state index contributed by atoms with van der Waals surface area (Å²) in [5.74, 6) is 0.769. The number of aryl methyl sites for hydroxylation is 1. The maximum atomic E-state index is 13.5. The maximum Gasteiger partial charge on any atom is 0.249 e. The molecule has 2 heterocycles. The minimum Gasteiger partial charge on any atom is -0.398 e. The Hall–Kier alpha value is -2.60. The van der Waals surface area contributed by atoms with Crippen molar-refractivity contribution in [1.29, 1.82) is 0 Å². The van der Waals surface area contributed by atoms with Gasteiger partial charge in [-0.25, -0.2) is 4.39 Å². The Balaban J connectivity index is 0.00000210. The van der Waals surface area contributed by atoms with E-state index >= 15 is 0 Å². The number of hydrogen-bond donors (Lipinski definition) is 1. The van der Waals surface area contributed by atoms with Crippen molar-refractivity contribution in [2.75, 3.05) is 17.2 Å². The monoisotopic (exact) mass is 388 g/mol. The zero-order valence-electron chi connectivity index (χ0n) is 15.3. The van der Waals surface area contributed by atoms with Crippen LogP contribution in [0.1, 0.15) is 36.4 Å². The average Bonchev–Trinajstić information content (AvgIpc) is 3.13. The van der Waals surface area contributed by atoms with Crippen molar-refractivity contribution in [1.82, 2.24) is 10.1 Å². The van der Waals surface area contributed by atoms with Crippen LogP contribution in [0.3, 0.4) is 0 Å². The number of benzene rings is 2. The second kappa shape index (κ2) is 7.56. The lowest BCUT2D eigenvalue weighted by molar-refractivity contribution is 0.353. The van der Waals surface area contributed by atoms with Gasteiger partial charge in [0.1, 0.15) is 11.9 Å². The summed E-state index contributed by atoms with van der Waals surface area (Å²) in [6, 6.07) is 10.7. The molecule has 5 nitrogen and oxygen atoms in total. The fraction of sp³-hybridized carbons (Fsp3) is 0.300. The standard InChI is InChI=1S/C20H21FN4O.ClH/c1-12-11-14(8-9-16(12)21)19-23-20(26-24-19)13(2)25-10-4-5-15-17(22)6-3-7-18(15)25;/h3,6-9,11,13H,4-5,10,22H2,1-2H3;1H. The first-order valence-corrected chi connectivity index (χ1v) is 8.78. The zero-order chi connectivity index (χ0) is 18.3. The van der Waals surface area contributed by atoms with Gasteiger partial charge in [-0.1, -0.05) is 11.2 Å². The Morgan fingerprint density at radius 2 is 2.07 bits per heavy atom. The van der Waals surface area contributed by atoms with Crippen LogP contribution >= 0.6 is 12.4 Å². The minimum absolute atomic E-state index is 0. The zero-order valence-corrected chi connectivity index (χ0v) is 16.1. The Morgan fingerprint density at radius 1 is 1.26 bits per heavy atom. The third kappa shape index (κ3) is 3.49. The molecular weight excluding hydrogens is 367 g/mol. The summed E-state index contributed by atoms with van der Waals surface area (Å²) in [5, 5.41) is 4.09. The maximum absolute atomic E-state index is 13.5. The number of anilines is 2. The van der Waals surface area contributed by atoms with Crippen molar-refractivity contribution in [3.8, 4) is 11.4 Å². The Labute approximate surface area is 163 Å². The van der Waals surface area contributed by atoms with Crippen LogP contribution in [-0.4, -0.2) is 16.7 Å². The van der Waals surface area contributed by atoms with E-state index in [1.54, 1.807) is 19.1 Å². The summed E-state index contributed by atoms with van der Waals surface area (Å²) in [6.45, 7) is 4.67. The summed E-state index contributed by atoms with van der Waals surface area (Å²) in [5.41, 5.74) is 10.6. The number of fused-ring (bicyclic) bond motifs is 1.